The normalized spacial score (nSPS) is 16.9. The van der Waals surface area contributed by atoms with Crippen molar-refractivity contribution in [1.82, 2.24) is 4.90 Å². The summed E-state index contributed by atoms with van der Waals surface area (Å²) in [6.45, 7) is 7.34. The molecule has 0 aliphatic carbocycles. The van der Waals surface area contributed by atoms with Crippen LogP contribution in [0.25, 0.3) is 0 Å². The topological polar surface area (TPSA) is 62.2 Å². The third-order valence-corrected chi connectivity index (χ3v) is 8.08. The minimum atomic E-state index is 0.189. The van der Waals surface area contributed by atoms with Crippen molar-refractivity contribution in [3.63, 3.8) is 0 Å². The quantitative estimate of drug-likeness (QED) is 0.271. The first-order valence-corrected chi connectivity index (χ1v) is 14.2. The van der Waals surface area contributed by atoms with Crippen LogP contribution < -0.4 is 9.47 Å². The van der Waals surface area contributed by atoms with E-state index in [9.17, 15) is 10.2 Å². The van der Waals surface area contributed by atoms with Crippen LogP contribution in [0.2, 0.25) is 0 Å². The highest BCUT2D eigenvalue weighted by Crippen LogP contribution is 2.47. The predicted molar refractivity (Wildman–Crippen MR) is 144 cm³/mol. The lowest BCUT2D eigenvalue weighted by atomic mass is 9.83. The fourth-order valence-corrected chi connectivity index (χ4v) is 6.00. The first kappa shape index (κ1) is 26.2. The SMILES string of the molecule is CCCCCCOc1cc2c(cc1O)[C@@H]1Cc3c(Br)cc(O)c(OCCCCCC)c3CN1CC2. The average molecular weight is 547 g/mol. The summed E-state index contributed by atoms with van der Waals surface area (Å²) in [6, 6.07) is 5.92. The summed E-state index contributed by atoms with van der Waals surface area (Å²) in [5, 5.41) is 21.4. The van der Waals surface area contributed by atoms with E-state index in [-0.39, 0.29) is 17.5 Å². The van der Waals surface area contributed by atoms with Crippen LogP contribution in [-0.2, 0) is 19.4 Å². The molecule has 2 heterocycles. The van der Waals surface area contributed by atoms with Gasteiger partial charge in [0.25, 0.3) is 0 Å². The molecule has 0 unspecified atom stereocenters. The number of ether oxygens (including phenoxy) is 2. The Labute approximate surface area is 218 Å². The molecule has 35 heavy (non-hydrogen) atoms. The molecular formula is C29H40BrNO4. The Morgan fingerprint density at radius 1 is 0.886 bits per heavy atom. The van der Waals surface area contributed by atoms with Crippen LogP contribution in [0.4, 0.5) is 0 Å². The summed E-state index contributed by atoms with van der Waals surface area (Å²) < 4.78 is 13.0. The maximum Gasteiger partial charge on any atom is 0.165 e. The molecule has 2 aliphatic heterocycles. The van der Waals surface area contributed by atoms with Gasteiger partial charge >= 0.3 is 0 Å². The molecule has 4 rings (SSSR count). The largest absolute Gasteiger partial charge is 0.504 e. The van der Waals surface area contributed by atoms with E-state index in [0.717, 1.165) is 61.7 Å². The summed E-state index contributed by atoms with van der Waals surface area (Å²) >= 11 is 3.69. The molecule has 0 aromatic heterocycles. The number of hydrogen-bond donors (Lipinski definition) is 2. The molecule has 0 saturated carbocycles. The van der Waals surface area contributed by atoms with Crippen LogP contribution in [0.5, 0.6) is 23.0 Å². The highest BCUT2D eigenvalue weighted by molar-refractivity contribution is 9.10. The van der Waals surface area contributed by atoms with Crippen molar-refractivity contribution >= 4 is 15.9 Å². The molecule has 0 saturated heterocycles. The third-order valence-electron chi connectivity index (χ3n) is 7.37. The number of aromatic hydroxyl groups is 2. The number of fused-ring (bicyclic) bond motifs is 4. The van der Waals surface area contributed by atoms with E-state index < -0.39 is 0 Å². The van der Waals surface area contributed by atoms with Crippen molar-refractivity contribution in [1.29, 1.82) is 0 Å². The summed E-state index contributed by atoms with van der Waals surface area (Å²) in [6.07, 6.45) is 10.9. The van der Waals surface area contributed by atoms with Gasteiger partial charge in [0, 0.05) is 29.2 Å². The first-order chi connectivity index (χ1) is 17.0. The van der Waals surface area contributed by atoms with Gasteiger partial charge in [0.15, 0.2) is 23.0 Å². The van der Waals surface area contributed by atoms with E-state index in [1.165, 1.54) is 42.4 Å². The van der Waals surface area contributed by atoms with E-state index in [0.29, 0.717) is 24.7 Å². The minimum absolute atomic E-state index is 0.189. The van der Waals surface area contributed by atoms with Crippen LogP contribution in [-0.4, -0.2) is 34.9 Å². The van der Waals surface area contributed by atoms with E-state index in [2.05, 4.69) is 34.7 Å². The highest BCUT2D eigenvalue weighted by atomic mass is 79.9. The molecule has 0 bridgehead atoms. The Morgan fingerprint density at radius 3 is 2.31 bits per heavy atom. The Kier molecular flexibility index (Phi) is 9.23. The van der Waals surface area contributed by atoms with E-state index in [4.69, 9.17) is 9.47 Å². The van der Waals surface area contributed by atoms with Crippen molar-refractivity contribution in [2.45, 2.75) is 90.6 Å². The molecule has 0 radical (unpaired) electrons. The molecule has 2 N–H and O–H groups in total. The van der Waals surface area contributed by atoms with Crippen molar-refractivity contribution in [2.75, 3.05) is 19.8 Å². The third kappa shape index (κ3) is 6.08. The zero-order valence-corrected chi connectivity index (χ0v) is 22.8. The van der Waals surface area contributed by atoms with Gasteiger partial charge in [-0.3, -0.25) is 4.90 Å². The van der Waals surface area contributed by atoms with Crippen LogP contribution in [0.1, 0.15) is 93.5 Å². The van der Waals surface area contributed by atoms with E-state index >= 15 is 0 Å². The van der Waals surface area contributed by atoms with Gasteiger partial charge in [-0.05, 0) is 60.6 Å². The number of hydrogen-bond acceptors (Lipinski definition) is 5. The highest BCUT2D eigenvalue weighted by Gasteiger charge is 2.36. The van der Waals surface area contributed by atoms with Crippen molar-refractivity contribution < 1.29 is 19.7 Å². The van der Waals surface area contributed by atoms with Crippen LogP contribution in [0, 0.1) is 0 Å². The fourth-order valence-electron chi connectivity index (χ4n) is 5.38. The maximum absolute atomic E-state index is 10.7. The summed E-state index contributed by atoms with van der Waals surface area (Å²) in [7, 11) is 0. The second-order valence-corrected chi connectivity index (χ2v) is 10.8. The lowest BCUT2D eigenvalue weighted by Crippen LogP contribution is -2.39. The number of unbranched alkanes of at least 4 members (excludes halogenated alkanes) is 6. The van der Waals surface area contributed by atoms with Crippen molar-refractivity contribution in [3.05, 3.63) is 44.9 Å². The molecule has 2 aromatic rings. The smallest absolute Gasteiger partial charge is 0.165 e. The summed E-state index contributed by atoms with van der Waals surface area (Å²) in [5.74, 6) is 1.68. The molecule has 192 valence electrons. The van der Waals surface area contributed by atoms with Crippen molar-refractivity contribution in [3.8, 4) is 23.0 Å². The van der Waals surface area contributed by atoms with Gasteiger partial charge in [0.2, 0.25) is 0 Å². The van der Waals surface area contributed by atoms with E-state index in [1.807, 2.05) is 12.1 Å². The van der Waals surface area contributed by atoms with Gasteiger partial charge in [-0.15, -0.1) is 0 Å². The molecule has 0 amide bonds. The molecule has 0 spiro atoms. The number of phenols is 2. The van der Waals surface area contributed by atoms with Gasteiger partial charge < -0.3 is 19.7 Å². The van der Waals surface area contributed by atoms with Gasteiger partial charge in [-0.1, -0.05) is 68.3 Å². The number of rotatable bonds is 12. The second kappa shape index (κ2) is 12.4. The predicted octanol–water partition coefficient (Wildman–Crippen LogP) is 7.43. The second-order valence-electron chi connectivity index (χ2n) is 9.94. The minimum Gasteiger partial charge on any atom is -0.504 e. The van der Waals surface area contributed by atoms with Crippen LogP contribution in [0.15, 0.2) is 22.7 Å². The first-order valence-electron chi connectivity index (χ1n) is 13.4. The average Bonchev–Trinajstić information content (AvgIpc) is 2.85. The molecule has 2 aromatic carbocycles. The van der Waals surface area contributed by atoms with Gasteiger partial charge in [0.1, 0.15) is 0 Å². The summed E-state index contributed by atoms with van der Waals surface area (Å²) in [5.41, 5.74) is 4.72. The molecule has 5 nitrogen and oxygen atoms in total. The van der Waals surface area contributed by atoms with E-state index in [1.54, 1.807) is 6.07 Å². The standard InChI is InChI=1S/C29H40BrNO4/c1-3-5-7-9-13-34-28-15-20-11-12-31-19-23-22(16-25(31)21(20)17-26(28)32)24(30)18-27(33)29(23)35-14-10-8-6-4-2/h15,17-18,25,32-33H,3-14,16,19H2,1-2H3/t25-/m0/s1. The van der Waals surface area contributed by atoms with Gasteiger partial charge in [-0.25, -0.2) is 0 Å². The van der Waals surface area contributed by atoms with Gasteiger partial charge in [-0.2, -0.15) is 0 Å². The number of nitrogens with zero attached hydrogens (tertiary/aromatic N) is 1. The monoisotopic (exact) mass is 545 g/mol. The Hall–Kier alpha value is -1.92. The fraction of sp³-hybridized carbons (Fsp3) is 0.586. The summed E-state index contributed by atoms with van der Waals surface area (Å²) in [4.78, 5) is 2.45. The lowest BCUT2D eigenvalue weighted by molar-refractivity contribution is 0.155. The molecule has 0 fully saturated rings. The number of benzene rings is 2. The Morgan fingerprint density at radius 2 is 1.60 bits per heavy atom. The zero-order chi connectivity index (χ0) is 24.8. The van der Waals surface area contributed by atoms with Crippen LogP contribution in [0.3, 0.4) is 0 Å². The number of halogens is 1. The lowest BCUT2D eigenvalue weighted by Gasteiger charge is -2.42. The molecular weight excluding hydrogens is 506 g/mol. The van der Waals surface area contributed by atoms with Crippen molar-refractivity contribution in [2.24, 2.45) is 0 Å². The van der Waals surface area contributed by atoms with Crippen LogP contribution >= 0.6 is 15.9 Å². The maximum atomic E-state index is 10.7. The molecule has 1 atom stereocenters. The molecule has 2 aliphatic rings. The Bertz CT molecular complexity index is 1010. The number of phenolic OH excluding ortho intramolecular Hbond substituents is 2. The molecule has 6 heteroatoms. The van der Waals surface area contributed by atoms with Gasteiger partial charge in [0.05, 0.1) is 13.2 Å². The Balaban J connectivity index is 1.51. The zero-order valence-electron chi connectivity index (χ0n) is 21.2.